The van der Waals surface area contributed by atoms with Gasteiger partial charge in [0, 0.05) is 39.2 Å². The number of hydrogen-bond donors (Lipinski definition) is 0. The molecule has 1 atom stereocenters. The summed E-state index contributed by atoms with van der Waals surface area (Å²) in [6.07, 6.45) is 10.1. The van der Waals surface area contributed by atoms with Gasteiger partial charge in [0.15, 0.2) is 0 Å². The van der Waals surface area contributed by atoms with Crippen molar-refractivity contribution in [2.24, 2.45) is 11.8 Å². The monoisotopic (exact) mass is 392 g/mol. The Balaban J connectivity index is 1.32. The fourth-order valence-corrected chi connectivity index (χ4v) is 5.48. The molecule has 0 radical (unpaired) electrons. The predicted molar refractivity (Wildman–Crippen MR) is 106 cm³/mol. The van der Waals surface area contributed by atoms with Crippen LogP contribution in [0.5, 0.6) is 0 Å². The summed E-state index contributed by atoms with van der Waals surface area (Å²) in [6, 6.07) is 0. The van der Waals surface area contributed by atoms with Crippen LogP contribution in [-0.2, 0) is 19.1 Å². The Morgan fingerprint density at radius 2 is 1.79 bits per heavy atom. The van der Waals surface area contributed by atoms with Crippen LogP contribution in [0.4, 0.5) is 0 Å². The van der Waals surface area contributed by atoms with E-state index in [9.17, 15) is 9.59 Å². The highest BCUT2D eigenvalue weighted by atomic mass is 16.5. The zero-order chi connectivity index (χ0) is 19.4. The molecule has 6 nitrogen and oxygen atoms in total. The van der Waals surface area contributed by atoms with E-state index in [4.69, 9.17) is 9.47 Å². The maximum absolute atomic E-state index is 12.7. The predicted octanol–water partition coefficient (Wildman–Crippen LogP) is 2.60. The highest BCUT2D eigenvalue weighted by Gasteiger charge is 2.41. The molecular weight excluding hydrogens is 356 g/mol. The fourth-order valence-electron chi connectivity index (χ4n) is 5.48. The normalized spacial score (nSPS) is 29.3. The molecule has 4 rings (SSSR count). The number of ether oxygens (including phenoxy) is 2. The molecule has 0 bridgehead atoms. The molecule has 1 spiro atoms. The topological polar surface area (TPSA) is 59.1 Å². The van der Waals surface area contributed by atoms with Crippen LogP contribution < -0.4 is 0 Å². The lowest BCUT2D eigenvalue weighted by Gasteiger charge is -2.43. The van der Waals surface area contributed by atoms with Crippen LogP contribution >= 0.6 is 0 Å². The average Bonchev–Trinajstić information content (AvgIpc) is 3.17. The molecule has 28 heavy (non-hydrogen) atoms. The quantitative estimate of drug-likeness (QED) is 0.738. The summed E-state index contributed by atoms with van der Waals surface area (Å²) in [5.41, 5.74) is -0.272. The van der Waals surface area contributed by atoms with Crippen LogP contribution in [-0.4, -0.2) is 73.2 Å². The molecule has 0 aromatic heterocycles. The molecular formula is C22H36N2O4. The first kappa shape index (κ1) is 20.1. The van der Waals surface area contributed by atoms with Gasteiger partial charge in [-0.3, -0.25) is 9.59 Å². The molecule has 3 saturated heterocycles. The molecule has 6 heteroatoms. The van der Waals surface area contributed by atoms with Gasteiger partial charge >= 0.3 is 0 Å². The lowest BCUT2D eigenvalue weighted by Crippen LogP contribution is -2.54. The first-order valence-corrected chi connectivity index (χ1v) is 11.4. The molecule has 3 aliphatic heterocycles. The first-order valence-electron chi connectivity index (χ1n) is 11.4. The summed E-state index contributed by atoms with van der Waals surface area (Å²) >= 11 is 0. The zero-order valence-electron chi connectivity index (χ0n) is 17.2. The molecule has 1 aliphatic carbocycles. The average molecular weight is 393 g/mol. The van der Waals surface area contributed by atoms with Gasteiger partial charge < -0.3 is 19.3 Å². The molecule has 0 aromatic rings. The number of piperidine rings is 1. The summed E-state index contributed by atoms with van der Waals surface area (Å²) in [6.45, 7) is 5.11. The third-order valence-electron chi connectivity index (χ3n) is 7.25. The molecule has 4 aliphatic rings. The minimum Gasteiger partial charge on any atom is -0.381 e. The van der Waals surface area contributed by atoms with Gasteiger partial charge in [-0.25, -0.2) is 0 Å². The Morgan fingerprint density at radius 1 is 1.04 bits per heavy atom. The number of likely N-dealkylation sites (tertiary alicyclic amines) is 1. The van der Waals surface area contributed by atoms with E-state index in [0.29, 0.717) is 37.3 Å². The summed E-state index contributed by atoms with van der Waals surface area (Å²) < 4.78 is 11.9. The lowest BCUT2D eigenvalue weighted by molar-refractivity contribution is -0.141. The Morgan fingerprint density at radius 3 is 2.50 bits per heavy atom. The van der Waals surface area contributed by atoms with Gasteiger partial charge in [0.2, 0.25) is 11.8 Å². The molecule has 3 heterocycles. The first-order chi connectivity index (χ1) is 13.6. The van der Waals surface area contributed by atoms with E-state index >= 15 is 0 Å². The van der Waals surface area contributed by atoms with Crippen molar-refractivity contribution in [1.29, 1.82) is 0 Å². The Kier molecular flexibility index (Phi) is 6.56. The van der Waals surface area contributed by atoms with Gasteiger partial charge in [-0.15, -0.1) is 0 Å². The van der Waals surface area contributed by atoms with Crippen LogP contribution in [0.3, 0.4) is 0 Å². The number of nitrogens with zero attached hydrogens (tertiary/aromatic N) is 2. The Labute approximate surface area is 168 Å². The minimum absolute atomic E-state index is 0.210. The second-order valence-corrected chi connectivity index (χ2v) is 9.37. The number of amides is 2. The van der Waals surface area contributed by atoms with Gasteiger partial charge in [0.05, 0.1) is 25.2 Å². The van der Waals surface area contributed by atoms with E-state index in [-0.39, 0.29) is 11.5 Å². The van der Waals surface area contributed by atoms with Crippen LogP contribution in [0.15, 0.2) is 0 Å². The smallest absolute Gasteiger partial charge is 0.224 e. The maximum Gasteiger partial charge on any atom is 0.224 e. The zero-order valence-corrected chi connectivity index (χ0v) is 17.2. The number of carbonyl (C=O) groups excluding carboxylic acids is 2. The van der Waals surface area contributed by atoms with Crippen molar-refractivity contribution in [3.63, 3.8) is 0 Å². The van der Waals surface area contributed by atoms with Crippen molar-refractivity contribution in [1.82, 2.24) is 9.80 Å². The van der Waals surface area contributed by atoms with Crippen molar-refractivity contribution in [3.8, 4) is 0 Å². The molecule has 0 aromatic carbocycles. The van der Waals surface area contributed by atoms with Crippen molar-refractivity contribution < 1.29 is 19.1 Å². The number of rotatable bonds is 4. The standard InChI is InChI=1S/C22H36N2O4/c25-20-7-13-28-22(17-24(20)15-19-6-3-12-27-16-19)8-10-23(11-9-22)21(26)14-18-4-1-2-5-18/h18-19H,1-17H2. The van der Waals surface area contributed by atoms with Gasteiger partial charge in [-0.1, -0.05) is 12.8 Å². The maximum atomic E-state index is 12.7. The summed E-state index contributed by atoms with van der Waals surface area (Å²) in [7, 11) is 0. The second-order valence-electron chi connectivity index (χ2n) is 9.37. The number of carbonyl (C=O) groups is 2. The van der Waals surface area contributed by atoms with Crippen LogP contribution in [0, 0.1) is 11.8 Å². The van der Waals surface area contributed by atoms with Crippen molar-refractivity contribution >= 4 is 11.8 Å². The fraction of sp³-hybridized carbons (Fsp3) is 0.909. The van der Waals surface area contributed by atoms with Crippen molar-refractivity contribution in [3.05, 3.63) is 0 Å². The Hall–Kier alpha value is -1.14. The van der Waals surface area contributed by atoms with Crippen LogP contribution in [0.2, 0.25) is 0 Å². The third-order valence-corrected chi connectivity index (χ3v) is 7.25. The van der Waals surface area contributed by atoms with E-state index in [1.54, 1.807) is 0 Å². The molecule has 0 N–H and O–H groups in total. The van der Waals surface area contributed by atoms with E-state index < -0.39 is 0 Å². The van der Waals surface area contributed by atoms with Crippen LogP contribution in [0.25, 0.3) is 0 Å². The second kappa shape index (κ2) is 9.12. The molecule has 1 unspecified atom stereocenters. The van der Waals surface area contributed by atoms with Gasteiger partial charge in [-0.05, 0) is 50.4 Å². The molecule has 4 fully saturated rings. The molecule has 1 saturated carbocycles. The summed E-state index contributed by atoms with van der Waals surface area (Å²) in [5.74, 6) is 1.58. The third kappa shape index (κ3) is 4.88. The number of hydrogen-bond acceptors (Lipinski definition) is 4. The van der Waals surface area contributed by atoms with E-state index in [2.05, 4.69) is 0 Å². The summed E-state index contributed by atoms with van der Waals surface area (Å²) in [5, 5.41) is 0. The largest absolute Gasteiger partial charge is 0.381 e. The van der Waals surface area contributed by atoms with E-state index in [1.165, 1.54) is 25.7 Å². The molecule has 158 valence electrons. The highest BCUT2D eigenvalue weighted by molar-refractivity contribution is 5.77. The van der Waals surface area contributed by atoms with Crippen molar-refractivity contribution in [2.45, 2.75) is 69.8 Å². The van der Waals surface area contributed by atoms with Gasteiger partial charge in [-0.2, -0.15) is 0 Å². The molecule has 2 amide bonds. The van der Waals surface area contributed by atoms with Gasteiger partial charge in [0.1, 0.15) is 0 Å². The van der Waals surface area contributed by atoms with E-state index in [1.807, 2.05) is 9.80 Å². The minimum atomic E-state index is -0.272. The highest BCUT2D eigenvalue weighted by Crippen LogP contribution is 2.33. The van der Waals surface area contributed by atoms with E-state index in [0.717, 1.165) is 65.0 Å². The lowest BCUT2D eigenvalue weighted by atomic mass is 9.89. The Bertz CT molecular complexity index is 547. The SMILES string of the molecule is O=C(CC1CCCC1)N1CCC2(CC1)CN(CC1CCCOC1)C(=O)CCO2. The summed E-state index contributed by atoms with van der Waals surface area (Å²) in [4.78, 5) is 29.4. The van der Waals surface area contributed by atoms with Crippen molar-refractivity contribution in [2.75, 3.05) is 46.0 Å². The van der Waals surface area contributed by atoms with Crippen LogP contribution in [0.1, 0.15) is 64.2 Å². The van der Waals surface area contributed by atoms with Gasteiger partial charge in [0.25, 0.3) is 0 Å².